The molecule has 0 radical (unpaired) electrons. The SMILES string of the molecule is COC=Cc1ccccc1-c1cc(Cl)cc2oc3ccccc3c12. The third-order valence-electron chi connectivity index (χ3n) is 4.08. The van der Waals surface area contributed by atoms with Gasteiger partial charge in [0.2, 0.25) is 0 Å². The third-order valence-corrected chi connectivity index (χ3v) is 4.30. The summed E-state index contributed by atoms with van der Waals surface area (Å²) in [7, 11) is 1.64. The number of ether oxygens (including phenoxy) is 1. The predicted octanol–water partition coefficient (Wildman–Crippen LogP) is 6.52. The van der Waals surface area contributed by atoms with Crippen molar-refractivity contribution in [3.8, 4) is 11.1 Å². The molecule has 0 fully saturated rings. The minimum Gasteiger partial charge on any atom is -0.504 e. The first kappa shape index (κ1) is 14.9. The number of halogens is 1. The zero-order valence-electron chi connectivity index (χ0n) is 13.1. The highest BCUT2D eigenvalue weighted by Crippen LogP contribution is 2.39. The Morgan fingerprint density at radius 2 is 1.71 bits per heavy atom. The van der Waals surface area contributed by atoms with Crippen LogP contribution in [0.15, 0.2) is 71.3 Å². The zero-order valence-corrected chi connectivity index (χ0v) is 13.9. The number of methoxy groups -OCH3 is 1. The first-order valence-corrected chi connectivity index (χ1v) is 8.05. The molecule has 3 aromatic carbocycles. The lowest BCUT2D eigenvalue weighted by Gasteiger charge is -2.09. The van der Waals surface area contributed by atoms with E-state index in [9.17, 15) is 0 Å². The highest BCUT2D eigenvalue weighted by Gasteiger charge is 2.15. The molecule has 4 rings (SSSR count). The van der Waals surface area contributed by atoms with Crippen molar-refractivity contribution in [1.82, 2.24) is 0 Å². The molecule has 24 heavy (non-hydrogen) atoms. The number of hydrogen-bond donors (Lipinski definition) is 0. The molecule has 0 atom stereocenters. The molecule has 0 aliphatic carbocycles. The number of fused-ring (bicyclic) bond motifs is 3. The van der Waals surface area contributed by atoms with Crippen molar-refractivity contribution in [2.45, 2.75) is 0 Å². The van der Waals surface area contributed by atoms with Crippen molar-refractivity contribution < 1.29 is 9.15 Å². The molecule has 0 amide bonds. The summed E-state index contributed by atoms with van der Waals surface area (Å²) in [4.78, 5) is 0. The van der Waals surface area contributed by atoms with E-state index in [0.29, 0.717) is 5.02 Å². The summed E-state index contributed by atoms with van der Waals surface area (Å²) in [5, 5.41) is 2.82. The second-order valence-electron chi connectivity index (χ2n) is 5.55. The van der Waals surface area contributed by atoms with Gasteiger partial charge in [-0.25, -0.2) is 0 Å². The van der Waals surface area contributed by atoms with E-state index in [1.54, 1.807) is 13.4 Å². The monoisotopic (exact) mass is 334 g/mol. The van der Waals surface area contributed by atoms with Crippen molar-refractivity contribution >= 4 is 39.6 Å². The summed E-state index contributed by atoms with van der Waals surface area (Å²) < 4.78 is 11.1. The molecule has 3 heteroatoms. The van der Waals surface area contributed by atoms with Gasteiger partial charge in [0.25, 0.3) is 0 Å². The molecule has 0 saturated heterocycles. The number of furan rings is 1. The van der Waals surface area contributed by atoms with Gasteiger partial charge in [-0.1, -0.05) is 54.1 Å². The van der Waals surface area contributed by atoms with Gasteiger partial charge in [-0.2, -0.15) is 0 Å². The number of benzene rings is 3. The minimum absolute atomic E-state index is 0.655. The van der Waals surface area contributed by atoms with E-state index in [-0.39, 0.29) is 0 Å². The van der Waals surface area contributed by atoms with E-state index in [2.05, 4.69) is 18.2 Å². The van der Waals surface area contributed by atoms with E-state index in [0.717, 1.165) is 38.6 Å². The lowest BCUT2D eigenvalue weighted by Crippen LogP contribution is -1.85. The number of rotatable bonds is 3. The van der Waals surface area contributed by atoms with Gasteiger partial charge in [-0.3, -0.25) is 0 Å². The smallest absolute Gasteiger partial charge is 0.137 e. The van der Waals surface area contributed by atoms with Crippen molar-refractivity contribution in [2.24, 2.45) is 0 Å². The molecule has 0 N–H and O–H groups in total. The normalized spacial score (nSPS) is 11.6. The van der Waals surface area contributed by atoms with Crippen molar-refractivity contribution in [3.63, 3.8) is 0 Å². The lowest BCUT2D eigenvalue weighted by atomic mass is 9.95. The average Bonchev–Trinajstić information content (AvgIpc) is 2.97. The van der Waals surface area contributed by atoms with Gasteiger partial charge >= 0.3 is 0 Å². The van der Waals surface area contributed by atoms with Crippen LogP contribution >= 0.6 is 11.6 Å². The largest absolute Gasteiger partial charge is 0.504 e. The summed E-state index contributed by atoms with van der Waals surface area (Å²) in [5.41, 5.74) is 4.86. The molecule has 118 valence electrons. The molecule has 0 unspecified atom stereocenters. The molecule has 0 spiro atoms. The van der Waals surface area contributed by atoms with Crippen molar-refractivity contribution in [3.05, 3.63) is 77.5 Å². The Balaban J connectivity index is 2.09. The van der Waals surface area contributed by atoms with Gasteiger partial charge in [-0.05, 0) is 34.9 Å². The third kappa shape index (κ3) is 2.45. The number of hydrogen-bond acceptors (Lipinski definition) is 2. The van der Waals surface area contributed by atoms with Crippen LogP contribution in [0.1, 0.15) is 5.56 Å². The summed E-state index contributed by atoms with van der Waals surface area (Å²) in [6.45, 7) is 0. The minimum atomic E-state index is 0.655. The van der Waals surface area contributed by atoms with Crippen LogP contribution in [0.4, 0.5) is 0 Å². The fraction of sp³-hybridized carbons (Fsp3) is 0.0476. The molecular weight excluding hydrogens is 320 g/mol. The quantitative estimate of drug-likeness (QED) is 0.398. The summed E-state index contributed by atoms with van der Waals surface area (Å²) in [6, 6.07) is 20.1. The molecule has 1 heterocycles. The Labute approximate surface area is 144 Å². The van der Waals surface area contributed by atoms with E-state index < -0.39 is 0 Å². The zero-order chi connectivity index (χ0) is 16.5. The maximum atomic E-state index is 6.36. The summed E-state index contributed by atoms with van der Waals surface area (Å²) >= 11 is 6.36. The highest BCUT2D eigenvalue weighted by molar-refractivity contribution is 6.32. The highest BCUT2D eigenvalue weighted by atomic mass is 35.5. The Kier molecular flexibility index (Phi) is 3.75. The van der Waals surface area contributed by atoms with Crippen LogP contribution < -0.4 is 0 Å². The van der Waals surface area contributed by atoms with Crippen molar-refractivity contribution in [1.29, 1.82) is 0 Å². The van der Waals surface area contributed by atoms with Crippen LogP contribution in [0.2, 0.25) is 5.02 Å². The second-order valence-corrected chi connectivity index (χ2v) is 5.99. The predicted molar refractivity (Wildman–Crippen MR) is 100 cm³/mol. The molecule has 4 aromatic rings. The molecule has 1 aromatic heterocycles. The van der Waals surface area contributed by atoms with Crippen molar-refractivity contribution in [2.75, 3.05) is 7.11 Å². The van der Waals surface area contributed by atoms with Crippen LogP contribution in [0.3, 0.4) is 0 Å². The molecule has 0 aliphatic heterocycles. The molecular formula is C21H15ClO2. The van der Waals surface area contributed by atoms with Gasteiger partial charge in [0.05, 0.1) is 13.4 Å². The first-order chi connectivity index (χ1) is 11.8. The van der Waals surface area contributed by atoms with Crippen LogP contribution in [0, 0.1) is 0 Å². The Bertz CT molecular complexity index is 1060. The maximum Gasteiger partial charge on any atom is 0.137 e. The molecule has 0 saturated carbocycles. The van der Waals surface area contributed by atoms with E-state index in [4.69, 9.17) is 20.8 Å². The van der Waals surface area contributed by atoms with Crippen LogP contribution in [0.25, 0.3) is 39.1 Å². The van der Waals surface area contributed by atoms with Gasteiger partial charge in [0, 0.05) is 21.9 Å². The van der Waals surface area contributed by atoms with Crippen LogP contribution in [0.5, 0.6) is 0 Å². The van der Waals surface area contributed by atoms with E-state index in [1.807, 2.05) is 48.5 Å². The van der Waals surface area contributed by atoms with Crippen LogP contribution in [-0.2, 0) is 4.74 Å². The van der Waals surface area contributed by atoms with Gasteiger partial charge in [0.15, 0.2) is 0 Å². The van der Waals surface area contributed by atoms with Gasteiger partial charge in [-0.15, -0.1) is 0 Å². The first-order valence-electron chi connectivity index (χ1n) is 7.67. The van der Waals surface area contributed by atoms with E-state index in [1.165, 1.54) is 0 Å². The van der Waals surface area contributed by atoms with Gasteiger partial charge in [0.1, 0.15) is 11.2 Å². The standard InChI is InChI=1S/C21H15ClO2/c1-23-11-10-14-6-2-3-7-16(14)18-12-15(22)13-20-21(18)17-8-4-5-9-19(17)24-20/h2-13H,1H3. The lowest BCUT2D eigenvalue weighted by molar-refractivity contribution is 0.341. The fourth-order valence-electron chi connectivity index (χ4n) is 3.06. The Morgan fingerprint density at radius 3 is 2.58 bits per heavy atom. The summed E-state index contributed by atoms with van der Waals surface area (Å²) in [6.07, 6.45) is 3.62. The average molecular weight is 335 g/mol. The second kappa shape index (κ2) is 6.06. The number of para-hydroxylation sites is 1. The fourth-order valence-corrected chi connectivity index (χ4v) is 3.27. The molecule has 0 aliphatic rings. The van der Waals surface area contributed by atoms with E-state index >= 15 is 0 Å². The Morgan fingerprint density at radius 1 is 0.917 bits per heavy atom. The van der Waals surface area contributed by atoms with Crippen LogP contribution in [-0.4, -0.2) is 7.11 Å². The molecule has 2 nitrogen and oxygen atoms in total. The Hall–Kier alpha value is -2.71. The topological polar surface area (TPSA) is 22.4 Å². The molecule has 0 bridgehead atoms. The van der Waals surface area contributed by atoms with Gasteiger partial charge < -0.3 is 9.15 Å². The summed E-state index contributed by atoms with van der Waals surface area (Å²) in [5.74, 6) is 0. The maximum absolute atomic E-state index is 6.36.